The summed E-state index contributed by atoms with van der Waals surface area (Å²) < 4.78 is 4.81. The third-order valence-corrected chi connectivity index (χ3v) is 4.11. The number of carbonyl (C=O) groups excluding carboxylic acids is 2. The molecule has 0 fully saturated rings. The number of carbonyl (C=O) groups is 2. The first-order chi connectivity index (χ1) is 9.88. The molecule has 0 radical (unpaired) electrons. The standard InChI is InChI=1S/C14H14Cl2N2O3/c1-7-10(13(19)21-3)12(17-14(20)18(7)2)11-8(15)5-4-6-9(11)16/h4-6,12H,1-3H3,(H,17,20)/t12-/m0/s1. The molecular formula is C14H14Cl2N2O3. The Balaban J connectivity index is 2.65. The minimum absolute atomic E-state index is 0.301. The maximum absolute atomic E-state index is 12.1. The van der Waals surface area contributed by atoms with Gasteiger partial charge in [0, 0.05) is 28.4 Å². The highest BCUT2D eigenvalue weighted by Crippen LogP contribution is 2.37. The number of rotatable bonds is 2. The van der Waals surface area contributed by atoms with E-state index in [9.17, 15) is 9.59 Å². The summed E-state index contributed by atoms with van der Waals surface area (Å²) in [5, 5.41) is 3.45. The number of nitrogens with zero attached hydrogens (tertiary/aromatic N) is 1. The van der Waals surface area contributed by atoms with E-state index in [0.29, 0.717) is 26.9 Å². The van der Waals surface area contributed by atoms with Crippen molar-refractivity contribution in [1.29, 1.82) is 0 Å². The molecule has 0 saturated heterocycles. The van der Waals surface area contributed by atoms with Crippen LogP contribution in [0.2, 0.25) is 10.0 Å². The number of benzene rings is 1. The van der Waals surface area contributed by atoms with Gasteiger partial charge in [-0.2, -0.15) is 0 Å². The van der Waals surface area contributed by atoms with Crippen molar-refractivity contribution in [2.45, 2.75) is 13.0 Å². The van der Waals surface area contributed by atoms with E-state index in [2.05, 4.69) is 5.32 Å². The fourth-order valence-electron chi connectivity index (χ4n) is 2.21. The average molecular weight is 329 g/mol. The van der Waals surface area contributed by atoms with Gasteiger partial charge in [-0.05, 0) is 19.1 Å². The van der Waals surface area contributed by atoms with Gasteiger partial charge in [0.25, 0.3) is 0 Å². The van der Waals surface area contributed by atoms with Crippen LogP contribution in [0.5, 0.6) is 0 Å². The van der Waals surface area contributed by atoms with Gasteiger partial charge < -0.3 is 15.0 Å². The predicted octanol–water partition coefficient (Wildman–Crippen LogP) is 3.14. The second-order valence-corrected chi connectivity index (χ2v) is 5.38. The Morgan fingerprint density at radius 3 is 2.43 bits per heavy atom. The van der Waals surface area contributed by atoms with E-state index in [-0.39, 0.29) is 6.03 Å². The maximum atomic E-state index is 12.1. The molecule has 0 saturated carbocycles. The minimum Gasteiger partial charge on any atom is -0.466 e. The summed E-state index contributed by atoms with van der Waals surface area (Å²) in [7, 11) is 2.85. The molecule has 0 aromatic heterocycles. The second-order valence-electron chi connectivity index (χ2n) is 4.57. The number of urea groups is 1. The third-order valence-electron chi connectivity index (χ3n) is 3.45. The fourth-order valence-corrected chi connectivity index (χ4v) is 2.83. The van der Waals surface area contributed by atoms with E-state index in [1.165, 1.54) is 12.0 Å². The molecule has 0 unspecified atom stereocenters. The lowest BCUT2D eigenvalue weighted by atomic mass is 9.95. The monoisotopic (exact) mass is 328 g/mol. The summed E-state index contributed by atoms with van der Waals surface area (Å²) in [6, 6.07) is 3.90. The fraction of sp³-hybridized carbons (Fsp3) is 0.286. The number of ether oxygens (including phenoxy) is 1. The van der Waals surface area contributed by atoms with Gasteiger partial charge in [0.15, 0.2) is 0 Å². The van der Waals surface area contributed by atoms with Crippen LogP contribution in [0.25, 0.3) is 0 Å². The molecule has 5 nitrogen and oxygen atoms in total. The summed E-state index contributed by atoms with van der Waals surface area (Å²) in [6.07, 6.45) is 0. The molecule has 7 heteroatoms. The van der Waals surface area contributed by atoms with Crippen molar-refractivity contribution >= 4 is 35.2 Å². The predicted molar refractivity (Wildman–Crippen MR) is 80.2 cm³/mol. The summed E-state index contributed by atoms with van der Waals surface area (Å²) in [5.41, 5.74) is 1.27. The van der Waals surface area contributed by atoms with Crippen LogP contribution in [0, 0.1) is 0 Å². The first-order valence-corrected chi connectivity index (χ1v) is 6.91. The number of halogens is 2. The van der Waals surface area contributed by atoms with Crippen LogP contribution in [0.4, 0.5) is 4.79 Å². The van der Waals surface area contributed by atoms with E-state index in [0.717, 1.165) is 0 Å². The number of esters is 1. The Labute approximate surface area is 132 Å². The van der Waals surface area contributed by atoms with Gasteiger partial charge in [0.1, 0.15) is 0 Å². The molecule has 1 aromatic rings. The van der Waals surface area contributed by atoms with Gasteiger partial charge in [-0.15, -0.1) is 0 Å². The van der Waals surface area contributed by atoms with E-state index in [4.69, 9.17) is 27.9 Å². The van der Waals surface area contributed by atoms with E-state index < -0.39 is 12.0 Å². The van der Waals surface area contributed by atoms with Crippen LogP contribution in [0.15, 0.2) is 29.5 Å². The Bertz CT molecular complexity index is 623. The lowest BCUT2D eigenvalue weighted by molar-refractivity contribution is -0.136. The summed E-state index contributed by atoms with van der Waals surface area (Å²) >= 11 is 12.4. The second kappa shape index (κ2) is 5.95. The molecule has 2 amide bonds. The van der Waals surface area contributed by atoms with Crippen molar-refractivity contribution in [2.75, 3.05) is 14.2 Å². The SMILES string of the molecule is COC(=O)C1=C(C)N(C)C(=O)N[C@@H]1c1c(Cl)cccc1Cl. The van der Waals surface area contributed by atoms with E-state index in [1.54, 1.807) is 32.2 Å². The van der Waals surface area contributed by atoms with Gasteiger partial charge >= 0.3 is 12.0 Å². The van der Waals surface area contributed by atoms with Gasteiger partial charge in [-0.1, -0.05) is 29.3 Å². The zero-order chi connectivity index (χ0) is 15.7. The molecule has 1 N–H and O–H groups in total. The van der Waals surface area contributed by atoms with Crippen LogP contribution in [-0.4, -0.2) is 31.1 Å². The molecule has 0 bridgehead atoms. The Morgan fingerprint density at radius 1 is 1.33 bits per heavy atom. The Kier molecular flexibility index (Phi) is 4.44. The Hall–Kier alpha value is -1.72. The smallest absolute Gasteiger partial charge is 0.337 e. The zero-order valence-corrected chi connectivity index (χ0v) is 13.2. The van der Waals surface area contributed by atoms with E-state index >= 15 is 0 Å². The van der Waals surface area contributed by atoms with Gasteiger partial charge in [0.2, 0.25) is 0 Å². The van der Waals surface area contributed by atoms with E-state index in [1.807, 2.05) is 0 Å². The van der Waals surface area contributed by atoms with Crippen molar-refractivity contribution in [3.8, 4) is 0 Å². The number of allylic oxidation sites excluding steroid dienone is 1. The first kappa shape index (κ1) is 15.7. The molecule has 1 aromatic carbocycles. The average Bonchev–Trinajstić information content (AvgIpc) is 2.44. The topological polar surface area (TPSA) is 58.6 Å². The Morgan fingerprint density at radius 2 is 1.90 bits per heavy atom. The van der Waals surface area contributed by atoms with Crippen LogP contribution in [-0.2, 0) is 9.53 Å². The molecule has 1 heterocycles. The number of hydrogen-bond acceptors (Lipinski definition) is 3. The lowest BCUT2D eigenvalue weighted by Gasteiger charge is -2.33. The summed E-state index contributed by atoms with van der Waals surface area (Å²) in [6.45, 7) is 1.67. The molecule has 2 rings (SSSR count). The largest absolute Gasteiger partial charge is 0.466 e. The highest BCUT2D eigenvalue weighted by atomic mass is 35.5. The molecule has 112 valence electrons. The number of methoxy groups -OCH3 is 1. The number of nitrogens with one attached hydrogen (secondary N) is 1. The van der Waals surface area contributed by atoms with Crippen molar-refractivity contribution < 1.29 is 14.3 Å². The van der Waals surface area contributed by atoms with Crippen LogP contribution in [0.1, 0.15) is 18.5 Å². The molecule has 0 spiro atoms. The van der Waals surface area contributed by atoms with Crippen LogP contribution < -0.4 is 5.32 Å². The summed E-state index contributed by atoms with van der Waals surface area (Å²) in [4.78, 5) is 25.4. The van der Waals surface area contributed by atoms with Gasteiger partial charge in [-0.3, -0.25) is 0 Å². The molecule has 1 atom stereocenters. The van der Waals surface area contributed by atoms with Crippen molar-refractivity contribution in [1.82, 2.24) is 10.2 Å². The number of amides is 2. The normalized spacial score (nSPS) is 18.6. The summed E-state index contributed by atoms with van der Waals surface area (Å²) in [5.74, 6) is -0.541. The first-order valence-electron chi connectivity index (χ1n) is 6.15. The highest BCUT2D eigenvalue weighted by molar-refractivity contribution is 6.36. The van der Waals surface area contributed by atoms with Gasteiger partial charge in [-0.25, -0.2) is 9.59 Å². The minimum atomic E-state index is -0.748. The molecular weight excluding hydrogens is 315 g/mol. The molecule has 21 heavy (non-hydrogen) atoms. The van der Waals surface area contributed by atoms with Crippen LogP contribution >= 0.6 is 23.2 Å². The van der Waals surface area contributed by atoms with Crippen LogP contribution in [0.3, 0.4) is 0 Å². The molecule has 1 aliphatic rings. The highest BCUT2D eigenvalue weighted by Gasteiger charge is 2.36. The molecule has 0 aliphatic carbocycles. The van der Waals surface area contributed by atoms with Crippen molar-refractivity contribution in [3.63, 3.8) is 0 Å². The van der Waals surface area contributed by atoms with Crippen molar-refractivity contribution in [2.24, 2.45) is 0 Å². The maximum Gasteiger partial charge on any atom is 0.337 e. The third kappa shape index (κ3) is 2.71. The lowest BCUT2D eigenvalue weighted by Crippen LogP contribution is -2.46. The number of hydrogen-bond donors (Lipinski definition) is 1. The molecule has 1 aliphatic heterocycles. The van der Waals surface area contributed by atoms with Gasteiger partial charge in [0.05, 0.1) is 18.7 Å². The zero-order valence-electron chi connectivity index (χ0n) is 11.7. The quantitative estimate of drug-likeness (QED) is 0.848. The van der Waals surface area contributed by atoms with Crippen molar-refractivity contribution in [3.05, 3.63) is 45.1 Å².